The molecule has 0 saturated heterocycles. The van der Waals surface area contributed by atoms with E-state index in [4.69, 9.17) is 11.6 Å². The second kappa shape index (κ2) is 6.38. The van der Waals surface area contributed by atoms with Gasteiger partial charge >= 0.3 is 0 Å². The quantitative estimate of drug-likeness (QED) is 0.783. The van der Waals surface area contributed by atoms with Crippen molar-refractivity contribution >= 4 is 17.5 Å². The minimum Gasteiger partial charge on any atom is -0.339 e. The SMILES string of the molecule is CC(C)c1cc(C(=O)N(C)C(C)C(C)C)cc(Cl)n1. The molecule has 106 valence electrons. The van der Waals surface area contributed by atoms with Gasteiger partial charge in [0.05, 0.1) is 0 Å². The number of amides is 1. The summed E-state index contributed by atoms with van der Waals surface area (Å²) in [5, 5.41) is 0.375. The first kappa shape index (κ1) is 16.0. The fourth-order valence-electron chi connectivity index (χ4n) is 1.77. The van der Waals surface area contributed by atoms with Gasteiger partial charge in [-0.3, -0.25) is 4.79 Å². The normalized spacial score (nSPS) is 12.9. The molecule has 1 aromatic rings. The Labute approximate surface area is 121 Å². The van der Waals surface area contributed by atoms with E-state index in [-0.39, 0.29) is 17.9 Å². The van der Waals surface area contributed by atoms with Gasteiger partial charge in [-0.05, 0) is 30.9 Å². The number of hydrogen-bond donors (Lipinski definition) is 0. The minimum atomic E-state index is -0.00704. The predicted molar refractivity (Wildman–Crippen MR) is 79.7 cm³/mol. The smallest absolute Gasteiger partial charge is 0.254 e. The molecule has 0 radical (unpaired) electrons. The van der Waals surface area contributed by atoms with Gasteiger partial charge in [-0.25, -0.2) is 4.98 Å². The molecule has 1 atom stereocenters. The molecule has 1 rings (SSSR count). The molecule has 3 nitrogen and oxygen atoms in total. The van der Waals surface area contributed by atoms with Crippen molar-refractivity contribution in [3.63, 3.8) is 0 Å². The van der Waals surface area contributed by atoms with Crippen LogP contribution in [0.25, 0.3) is 0 Å². The minimum absolute atomic E-state index is 0.00704. The van der Waals surface area contributed by atoms with Gasteiger partial charge in [0, 0.05) is 24.3 Å². The lowest BCUT2D eigenvalue weighted by atomic mass is 10.0. The van der Waals surface area contributed by atoms with Gasteiger partial charge in [0.15, 0.2) is 0 Å². The van der Waals surface area contributed by atoms with E-state index in [9.17, 15) is 4.79 Å². The van der Waals surface area contributed by atoms with Crippen molar-refractivity contribution in [3.8, 4) is 0 Å². The lowest BCUT2D eigenvalue weighted by Crippen LogP contribution is -2.38. The summed E-state index contributed by atoms with van der Waals surface area (Å²) < 4.78 is 0. The van der Waals surface area contributed by atoms with Crippen LogP contribution in [0, 0.1) is 5.92 Å². The average molecular weight is 283 g/mol. The lowest BCUT2D eigenvalue weighted by Gasteiger charge is -2.28. The molecule has 1 amide bonds. The van der Waals surface area contributed by atoms with Crippen molar-refractivity contribution in [2.45, 2.75) is 46.6 Å². The lowest BCUT2D eigenvalue weighted by molar-refractivity contribution is 0.0707. The second-order valence-electron chi connectivity index (χ2n) is 5.66. The van der Waals surface area contributed by atoms with E-state index in [2.05, 4.69) is 25.8 Å². The molecule has 1 aromatic heterocycles. The zero-order chi connectivity index (χ0) is 14.7. The monoisotopic (exact) mass is 282 g/mol. The zero-order valence-electron chi connectivity index (χ0n) is 12.6. The molecule has 4 heteroatoms. The Hall–Kier alpha value is -1.09. The van der Waals surface area contributed by atoms with E-state index in [0.29, 0.717) is 16.6 Å². The number of halogens is 1. The van der Waals surface area contributed by atoms with Crippen LogP contribution in [0.4, 0.5) is 0 Å². The van der Waals surface area contributed by atoms with Crippen molar-refractivity contribution < 1.29 is 4.79 Å². The summed E-state index contributed by atoms with van der Waals surface area (Å²) in [6.45, 7) is 10.3. The number of hydrogen-bond acceptors (Lipinski definition) is 2. The molecule has 1 heterocycles. The van der Waals surface area contributed by atoms with Crippen LogP contribution >= 0.6 is 11.6 Å². The summed E-state index contributed by atoms with van der Waals surface area (Å²) in [6.07, 6.45) is 0. The van der Waals surface area contributed by atoms with Crippen molar-refractivity contribution in [1.82, 2.24) is 9.88 Å². The van der Waals surface area contributed by atoms with Crippen molar-refractivity contribution in [1.29, 1.82) is 0 Å². The number of carbonyl (C=O) groups is 1. The fourth-order valence-corrected chi connectivity index (χ4v) is 1.99. The van der Waals surface area contributed by atoms with Crippen molar-refractivity contribution in [3.05, 3.63) is 28.5 Å². The molecule has 0 N–H and O–H groups in total. The van der Waals surface area contributed by atoms with E-state index >= 15 is 0 Å². The summed E-state index contributed by atoms with van der Waals surface area (Å²) >= 11 is 6.00. The molecule has 0 bridgehead atoms. The Balaban J connectivity index is 3.06. The van der Waals surface area contributed by atoms with Crippen LogP contribution < -0.4 is 0 Å². The molecule has 0 saturated carbocycles. The third kappa shape index (κ3) is 3.93. The summed E-state index contributed by atoms with van der Waals surface area (Å²) in [4.78, 5) is 18.5. The number of aromatic nitrogens is 1. The number of nitrogens with zero attached hydrogens (tertiary/aromatic N) is 2. The van der Waals surface area contributed by atoms with Crippen LogP contribution in [0.15, 0.2) is 12.1 Å². The Morgan fingerprint density at radius 2 is 1.79 bits per heavy atom. The zero-order valence-corrected chi connectivity index (χ0v) is 13.3. The maximum absolute atomic E-state index is 12.5. The molecule has 1 unspecified atom stereocenters. The predicted octanol–water partition coefficient (Wildman–Crippen LogP) is 3.97. The highest BCUT2D eigenvalue weighted by atomic mass is 35.5. The van der Waals surface area contributed by atoms with E-state index < -0.39 is 0 Å². The first-order valence-corrected chi connectivity index (χ1v) is 7.06. The second-order valence-corrected chi connectivity index (χ2v) is 6.05. The van der Waals surface area contributed by atoms with Gasteiger partial charge in [-0.15, -0.1) is 0 Å². The van der Waals surface area contributed by atoms with Gasteiger partial charge in [0.25, 0.3) is 5.91 Å². The van der Waals surface area contributed by atoms with Crippen LogP contribution in [0.1, 0.15) is 56.6 Å². The standard InChI is InChI=1S/C15H23ClN2O/c1-9(2)11(5)18(6)15(19)12-7-13(10(3)4)17-14(16)8-12/h7-11H,1-6H3. The molecule has 0 aliphatic rings. The maximum Gasteiger partial charge on any atom is 0.254 e. The Bertz CT molecular complexity index is 457. The van der Waals surface area contributed by atoms with Gasteiger partial charge in [-0.2, -0.15) is 0 Å². The summed E-state index contributed by atoms with van der Waals surface area (Å²) in [5.41, 5.74) is 1.46. The van der Waals surface area contributed by atoms with Crippen LogP contribution in [0.5, 0.6) is 0 Å². The van der Waals surface area contributed by atoms with E-state index in [1.807, 2.05) is 27.0 Å². The molecule has 0 fully saturated rings. The van der Waals surface area contributed by atoms with E-state index in [1.165, 1.54) is 0 Å². The highest BCUT2D eigenvalue weighted by Crippen LogP contribution is 2.20. The Morgan fingerprint density at radius 1 is 1.21 bits per heavy atom. The Kier molecular flexibility index (Phi) is 5.36. The average Bonchev–Trinajstić information content (AvgIpc) is 2.35. The number of carbonyl (C=O) groups excluding carboxylic acids is 1. The third-order valence-corrected chi connectivity index (χ3v) is 3.74. The molecule has 19 heavy (non-hydrogen) atoms. The highest BCUT2D eigenvalue weighted by molar-refractivity contribution is 6.29. The number of rotatable bonds is 4. The number of pyridine rings is 1. The van der Waals surface area contributed by atoms with Crippen molar-refractivity contribution in [2.75, 3.05) is 7.05 Å². The van der Waals surface area contributed by atoms with Gasteiger partial charge in [-0.1, -0.05) is 39.3 Å². The maximum atomic E-state index is 12.5. The molecular formula is C15H23ClN2O. The molecular weight excluding hydrogens is 260 g/mol. The van der Waals surface area contributed by atoms with Gasteiger partial charge in [0.1, 0.15) is 5.15 Å². The summed E-state index contributed by atoms with van der Waals surface area (Å²) in [5.74, 6) is 0.654. The van der Waals surface area contributed by atoms with Gasteiger partial charge in [0.2, 0.25) is 0 Å². The van der Waals surface area contributed by atoms with Crippen LogP contribution in [0.2, 0.25) is 5.15 Å². The van der Waals surface area contributed by atoms with Crippen LogP contribution in [-0.2, 0) is 0 Å². The van der Waals surface area contributed by atoms with Crippen LogP contribution in [-0.4, -0.2) is 28.9 Å². The molecule has 0 spiro atoms. The van der Waals surface area contributed by atoms with E-state index in [0.717, 1.165) is 5.69 Å². The first-order chi connectivity index (χ1) is 8.73. The highest BCUT2D eigenvalue weighted by Gasteiger charge is 2.21. The summed E-state index contributed by atoms with van der Waals surface area (Å²) in [6, 6.07) is 3.66. The molecule has 0 aliphatic heterocycles. The van der Waals surface area contributed by atoms with Crippen LogP contribution in [0.3, 0.4) is 0 Å². The summed E-state index contributed by atoms with van der Waals surface area (Å²) in [7, 11) is 1.83. The Morgan fingerprint density at radius 3 is 2.26 bits per heavy atom. The van der Waals surface area contributed by atoms with Crippen molar-refractivity contribution in [2.24, 2.45) is 5.92 Å². The largest absolute Gasteiger partial charge is 0.339 e. The topological polar surface area (TPSA) is 33.2 Å². The fraction of sp³-hybridized carbons (Fsp3) is 0.600. The molecule has 0 aromatic carbocycles. The molecule has 0 aliphatic carbocycles. The van der Waals surface area contributed by atoms with Gasteiger partial charge < -0.3 is 4.90 Å². The van der Waals surface area contributed by atoms with E-state index in [1.54, 1.807) is 11.0 Å². The first-order valence-electron chi connectivity index (χ1n) is 6.68. The third-order valence-electron chi connectivity index (χ3n) is 3.55.